The first-order chi connectivity index (χ1) is 5.95. The van der Waals surface area contributed by atoms with Gasteiger partial charge in [-0.25, -0.2) is 13.2 Å². The van der Waals surface area contributed by atoms with Gasteiger partial charge >= 0.3 is 6.04 Å². The van der Waals surface area contributed by atoms with Crippen molar-refractivity contribution >= 4 is 17.6 Å². The van der Waals surface area contributed by atoms with Gasteiger partial charge in [0.05, 0.1) is 5.56 Å². The maximum atomic E-state index is 12.7. The van der Waals surface area contributed by atoms with Gasteiger partial charge < -0.3 is 0 Å². The van der Waals surface area contributed by atoms with Gasteiger partial charge in [0.25, 0.3) is 0 Å². The summed E-state index contributed by atoms with van der Waals surface area (Å²) in [5.74, 6) is -4.83. The second-order valence-corrected chi connectivity index (χ2v) is 2.50. The molecule has 0 saturated carbocycles. The van der Waals surface area contributed by atoms with Crippen molar-refractivity contribution in [2.24, 2.45) is 0 Å². The number of benzene rings is 1. The van der Waals surface area contributed by atoms with Crippen molar-refractivity contribution in [3.05, 3.63) is 34.1 Å². The summed E-state index contributed by atoms with van der Waals surface area (Å²) in [5, 5.41) is -1.24. The largest absolute Gasteiger partial charge is 0.335 e. The van der Waals surface area contributed by atoms with Crippen LogP contribution in [0.1, 0.15) is 10.4 Å². The highest BCUT2D eigenvalue weighted by Gasteiger charge is 2.21. The zero-order valence-corrected chi connectivity index (χ0v) is 6.63. The zero-order chi connectivity index (χ0) is 10.2. The Balaban J connectivity index is 3.50. The molecule has 0 aliphatic heterocycles. The molecule has 0 aromatic heterocycles. The Morgan fingerprint density at radius 2 is 1.77 bits per heavy atom. The van der Waals surface area contributed by atoms with Gasteiger partial charge in [0.2, 0.25) is 0 Å². The predicted octanol–water partition coefficient (Wildman–Crippen LogP) is 2.87. The van der Waals surface area contributed by atoms with Gasteiger partial charge in [0.1, 0.15) is 5.02 Å². The van der Waals surface area contributed by atoms with Crippen molar-refractivity contribution in [3.8, 4) is 0 Å². The van der Waals surface area contributed by atoms with Crippen LogP contribution in [0.4, 0.5) is 17.6 Å². The highest BCUT2D eigenvalue weighted by atomic mass is 35.5. The molecule has 6 heteroatoms. The van der Waals surface area contributed by atoms with E-state index in [-0.39, 0.29) is 6.07 Å². The standard InChI is InChI=1S/C7HClF4O/c8-4-5(10)2(7(12)13)1-3(9)6(4)11/h1H. The maximum Gasteiger partial charge on any atom is 0.335 e. The first-order valence-corrected chi connectivity index (χ1v) is 3.35. The van der Waals surface area contributed by atoms with E-state index in [1.807, 2.05) is 0 Å². The molecule has 1 aromatic rings. The predicted molar refractivity (Wildman–Crippen MR) is 36.8 cm³/mol. The van der Waals surface area contributed by atoms with E-state index in [4.69, 9.17) is 11.6 Å². The Bertz CT molecular complexity index is 377. The number of rotatable bonds is 1. The average Bonchev–Trinajstić information content (AvgIpc) is 2.07. The quantitative estimate of drug-likeness (QED) is 0.303. The zero-order valence-electron chi connectivity index (χ0n) is 5.88. The Kier molecular flexibility index (Phi) is 2.56. The number of halogens is 5. The second kappa shape index (κ2) is 3.33. The fourth-order valence-electron chi connectivity index (χ4n) is 0.716. The number of carbonyl (C=O) groups excluding carboxylic acids is 1. The number of hydrogen-bond acceptors (Lipinski definition) is 1. The van der Waals surface area contributed by atoms with Gasteiger partial charge in [-0.2, -0.15) is 4.39 Å². The molecule has 1 nitrogen and oxygen atoms in total. The monoisotopic (exact) mass is 212 g/mol. The van der Waals surface area contributed by atoms with Crippen molar-refractivity contribution in [1.29, 1.82) is 0 Å². The molecule has 0 fully saturated rings. The maximum absolute atomic E-state index is 12.7. The molecule has 0 bridgehead atoms. The highest BCUT2D eigenvalue weighted by molar-refractivity contribution is 6.31. The van der Waals surface area contributed by atoms with Crippen molar-refractivity contribution in [2.75, 3.05) is 0 Å². The van der Waals surface area contributed by atoms with Crippen molar-refractivity contribution in [3.63, 3.8) is 0 Å². The molecule has 0 saturated heterocycles. The molecule has 0 N–H and O–H groups in total. The third-order valence-corrected chi connectivity index (χ3v) is 1.65. The molecule has 1 rings (SSSR count). The third-order valence-electron chi connectivity index (χ3n) is 1.31. The topological polar surface area (TPSA) is 17.1 Å². The van der Waals surface area contributed by atoms with Crippen LogP contribution >= 0.6 is 11.6 Å². The molecule has 1 aromatic carbocycles. The summed E-state index contributed by atoms with van der Waals surface area (Å²) in [6, 6.07) is -2.10. The van der Waals surface area contributed by atoms with Crippen LogP contribution in [0.5, 0.6) is 0 Å². The van der Waals surface area contributed by atoms with Gasteiger partial charge in [0, 0.05) is 0 Å². The lowest BCUT2D eigenvalue weighted by Gasteiger charge is -2.00. The van der Waals surface area contributed by atoms with Crippen LogP contribution in [0, 0.1) is 17.5 Å². The van der Waals surface area contributed by atoms with Gasteiger partial charge in [0.15, 0.2) is 17.5 Å². The molecule has 0 aliphatic rings. The average molecular weight is 213 g/mol. The summed E-state index contributed by atoms with van der Waals surface area (Å²) >= 11 is 4.92. The molecule has 0 atom stereocenters. The lowest BCUT2D eigenvalue weighted by atomic mass is 10.2. The Morgan fingerprint density at radius 1 is 1.23 bits per heavy atom. The van der Waals surface area contributed by atoms with E-state index < -0.39 is 34.1 Å². The number of carbonyl (C=O) groups is 1. The fourth-order valence-corrected chi connectivity index (χ4v) is 0.908. The van der Waals surface area contributed by atoms with E-state index >= 15 is 0 Å². The lowest BCUT2D eigenvalue weighted by molar-refractivity contribution is 0.0830. The first-order valence-electron chi connectivity index (χ1n) is 2.98. The normalized spacial score (nSPS) is 10.2. The van der Waals surface area contributed by atoms with Crippen LogP contribution in [0.3, 0.4) is 0 Å². The summed E-state index contributed by atoms with van der Waals surface area (Å²) in [6.45, 7) is 0. The molecule has 0 unspecified atom stereocenters. The molecule has 0 radical (unpaired) electrons. The summed E-state index contributed by atoms with van der Waals surface area (Å²) in [4.78, 5) is 10.0. The highest BCUT2D eigenvalue weighted by Crippen LogP contribution is 2.24. The molecule has 0 heterocycles. The van der Waals surface area contributed by atoms with Crippen LogP contribution in [0.2, 0.25) is 5.02 Å². The number of hydrogen-bond donors (Lipinski definition) is 0. The van der Waals surface area contributed by atoms with Gasteiger partial charge in [-0.3, -0.25) is 4.79 Å². The Labute approximate surface area is 74.9 Å². The summed E-state index contributed by atoms with van der Waals surface area (Å²) in [5.41, 5.74) is -1.22. The minimum atomic E-state index is -2.21. The molecular weight excluding hydrogens is 212 g/mol. The summed E-state index contributed by atoms with van der Waals surface area (Å²) < 4.78 is 49.5. The lowest BCUT2D eigenvalue weighted by Crippen LogP contribution is -2.00. The van der Waals surface area contributed by atoms with Gasteiger partial charge in [-0.05, 0) is 6.07 Å². The van der Waals surface area contributed by atoms with Crippen LogP contribution in [0.15, 0.2) is 6.07 Å². The molecule has 0 aliphatic carbocycles. The van der Waals surface area contributed by atoms with E-state index in [9.17, 15) is 22.4 Å². The van der Waals surface area contributed by atoms with E-state index in [0.29, 0.717) is 0 Å². The van der Waals surface area contributed by atoms with Crippen molar-refractivity contribution in [2.45, 2.75) is 0 Å². The minimum absolute atomic E-state index is 0.110. The summed E-state index contributed by atoms with van der Waals surface area (Å²) in [6.07, 6.45) is 0. The SMILES string of the molecule is O=C(F)c1cc(F)c(F)c(Cl)c1F. The molecule has 13 heavy (non-hydrogen) atoms. The van der Waals surface area contributed by atoms with E-state index in [0.717, 1.165) is 0 Å². The molecule has 0 spiro atoms. The molecule has 0 amide bonds. The first kappa shape index (κ1) is 9.98. The van der Waals surface area contributed by atoms with Crippen LogP contribution in [-0.4, -0.2) is 6.04 Å². The fraction of sp³-hybridized carbons (Fsp3) is 0. The Hall–Kier alpha value is -1.10. The summed E-state index contributed by atoms with van der Waals surface area (Å²) in [7, 11) is 0. The van der Waals surface area contributed by atoms with Crippen LogP contribution in [0.25, 0.3) is 0 Å². The molecule has 70 valence electrons. The van der Waals surface area contributed by atoms with E-state index in [2.05, 4.69) is 0 Å². The van der Waals surface area contributed by atoms with E-state index in [1.165, 1.54) is 0 Å². The second-order valence-electron chi connectivity index (χ2n) is 2.12. The van der Waals surface area contributed by atoms with Crippen molar-refractivity contribution < 1.29 is 22.4 Å². The van der Waals surface area contributed by atoms with Crippen LogP contribution < -0.4 is 0 Å². The van der Waals surface area contributed by atoms with Crippen LogP contribution in [-0.2, 0) is 0 Å². The third kappa shape index (κ3) is 1.65. The van der Waals surface area contributed by atoms with Gasteiger partial charge in [-0.15, -0.1) is 0 Å². The molecular formula is C7HClF4O. The van der Waals surface area contributed by atoms with Gasteiger partial charge in [-0.1, -0.05) is 11.6 Å². The minimum Gasteiger partial charge on any atom is -0.255 e. The Morgan fingerprint density at radius 3 is 2.23 bits per heavy atom. The van der Waals surface area contributed by atoms with Crippen molar-refractivity contribution in [1.82, 2.24) is 0 Å². The van der Waals surface area contributed by atoms with E-state index in [1.54, 1.807) is 0 Å². The smallest absolute Gasteiger partial charge is 0.255 e.